The molecule has 3 fully saturated rings. The van der Waals surface area contributed by atoms with Crippen molar-refractivity contribution < 1.29 is 41.8 Å². The molecule has 40 heavy (non-hydrogen) atoms. The maximum atomic E-state index is 14.3. The normalized spacial score (nSPS) is 30.1. The Hall–Kier alpha value is -2.77. The lowest BCUT2D eigenvalue weighted by molar-refractivity contribution is -0.151. The van der Waals surface area contributed by atoms with Crippen molar-refractivity contribution in [3.63, 3.8) is 0 Å². The number of fused-ring (bicyclic) bond motifs is 2. The van der Waals surface area contributed by atoms with Gasteiger partial charge < -0.3 is 29.3 Å². The van der Waals surface area contributed by atoms with E-state index >= 15 is 0 Å². The predicted molar refractivity (Wildman–Crippen MR) is 134 cm³/mol. The van der Waals surface area contributed by atoms with E-state index in [0.29, 0.717) is 56.8 Å². The van der Waals surface area contributed by atoms with E-state index in [4.69, 9.17) is 14.2 Å². The van der Waals surface area contributed by atoms with Gasteiger partial charge in [0.1, 0.15) is 0 Å². The Morgan fingerprint density at radius 2 is 2.08 bits per heavy atom. The molecule has 1 N–H and O–H groups in total. The highest BCUT2D eigenvalue weighted by molar-refractivity contribution is 5.87. The summed E-state index contributed by atoms with van der Waals surface area (Å²) in [4.78, 5) is 45.6. The molecule has 1 aromatic heterocycles. The molecule has 0 radical (unpaired) electrons. The van der Waals surface area contributed by atoms with Crippen LogP contribution < -0.4 is 5.32 Å². The lowest BCUT2D eigenvalue weighted by Gasteiger charge is -2.37. The largest absolute Gasteiger partial charge is 0.456 e. The highest BCUT2D eigenvalue weighted by Crippen LogP contribution is 2.50. The van der Waals surface area contributed by atoms with Crippen LogP contribution in [0.15, 0.2) is 12.3 Å². The lowest BCUT2D eigenvalue weighted by Crippen LogP contribution is -2.52. The average molecular weight is 569 g/mol. The van der Waals surface area contributed by atoms with Gasteiger partial charge in [0.25, 0.3) is 5.91 Å². The molecule has 4 heterocycles. The number of hydrogen-bond acceptors (Lipinski definition) is 8. The zero-order valence-corrected chi connectivity index (χ0v) is 22.7. The first kappa shape index (κ1) is 28.7. The number of nitrogens with zero attached hydrogens (tertiary/aromatic N) is 3. The second kappa shape index (κ2) is 11.2. The number of pyridine rings is 1. The number of aromatic nitrogens is 1. The quantitative estimate of drug-likeness (QED) is 0.515. The van der Waals surface area contributed by atoms with Crippen molar-refractivity contribution >= 4 is 17.8 Å². The molecule has 0 bridgehead atoms. The minimum atomic E-state index is -4.53. The SMILES string of the molecule is COC1COCCC1NC1CC2CN(C(=O)COC(C)=O)CC2(C(=O)N2CCc3ncc(C(F)(F)F)cc3C2)C1. The Bertz CT molecular complexity index is 1150. The smallest absolute Gasteiger partial charge is 0.417 e. The minimum absolute atomic E-state index is 0.00371. The van der Waals surface area contributed by atoms with Gasteiger partial charge in [-0.05, 0) is 36.8 Å². The summed E-state index contributed by atoms with van der Waals surface area (Å²) in [5.41, 5.74) is -0.786. The second-order valence-electron chi connectivity index (χ2n) is 11.3. The maximum Gasteiger partial charge on any atom is 0.417 e. The first-order valence-electron chi connectivity index (χ1n) is 13.6. The summed E-state index contributed by atoms with van der Waals surface area (Å²) in [6, 6.07) is 1.14. The van der Waals surface area contributed by atoms with Gasteiger partial charge in [0.2, 0.25) is 5.91 Å². The molecule has 3 aliphatic heterocycles. The number of alkyl halides is 3. The van der Waals surface area contributed by atoms with Crippen LogP contribution in [0.4, 0.5) is 13.2 Å². The van der Waals surface area contributed by atoms with Crippen molar-refractivity contribution in [2.75, 3.05) is 46.6 Å². The molecule has 1 aromatic rings. The van der Waals surface area contributed by atoms with Gasteiger partial charge in [0, 0.05) is 77.2 Å². The Balaban J connectivity index is 1.36. The summed E-state index contributed by atoms with van der Waals surface area (Å²) < 4.78 is 56.1. The Kier molecular flexibility index (Phi) is 8.08. The summed E-state index contributed by atoms with van der Waals surface area (Å²) in [6.07, 6.45) is -1.55. The van der Waals surface area contributed by atoms with Crippen molar-refractivity contribution in [1.82, 2.24) is 20.1 Å². The molecular weight excluding hydrogens is 533 g/mol. The number of rotatable bonds is 6. The van der Waals surface area contributed by atoms with Crippen molar-refractivity contribution in [2.24, 2.45) is 11.3 Å². The number of methoxy groups -OCH3 is 1. The summed E-state index contributed by atoms with van der Waals surface area (Å²) in [6.45, 7) is 2.80. The standard InChI is InChI=1S/C27H35F3N4O6/c1-16(35)40-14-24(36)34-12-19-8-20(32-22-4-6-39-13-23(22)38-2)9-26(19,15-34)25(37)33-5-3-21-17(11-33)7-18(10-31-21)27(28,29)30/h7,10,19-20,22-23,32H,3-6,8-9,11-15H2,1-2H3. The average Bonchev–Trinajstić information content (AvgIpc) is 3.45. The van der Waals surface area contributed by atoms with Gasteiger partial charge in [-0.3, -0.25) is 19.4 Å². The van der Waals surface area contributed by atoms with Gasteiger partial charge in [-0.2, -0.15) is 13.2 Å². The molecule has 0 spiro atoms. The van der Waals surface area contributed by atoms with Gasteiger partial charge >= 0.3 is 12.1 Å². The van der Waals surface area contributed by atoms with Crippen LogP contribution >= 0.6 is 0 Å². The zero-order valence-electron chi connectivity index (χ0n) is 22.7. The van der Waals surface area contributed by atoms with Crippen LogP contribution in [0.1, 0.15) is 43.0 Å². The van der Waals surface area contributed by atoms with Crippen LogP contribution in [0.5, 0.6) is 0 Å². The number of hydrogen-bond donors (Lipinski definition) is 1. The number of ether oxygens (including phenoxy) is 3. The molecule has 1 aliphatic carbocycles. The van der Waals surface area contributed by atoms with E-state index in [1.165, 1.54) is 6.92 Å². The van der Waals surface area contributed by atoms with Crippen LogP contribution in [0.3, 0.4) is 0 Å². The van der Waals surface area contributed by atoms with Crippen molar-refractivity contribution in [3.05, 3.63) is 29.1 Å². The van der Waals surface area contributed by atoms with Crippen LogP contribution in [-0.2, 0) is 47.7 Å². The summed E-state index contributed by atoms with van der Waals surface area (Å²) >= 11 is 0. The Morgan fingerprint density at radius 3 is 2.80 bits per heavy atom. The molecule has 220 valence electrons. The van der Waals surface area contributed by atoms with E-state index in [-0.39, 0.29) is 49.0 Å². The van der Waals surface area contributed by atoms with Crippen molar-refractivity contribution in [3.8, 4) is 0 Å². The molecule has 5 rings (SSSR count). The van der Waals surface area contributed by atoms with Gasteiger partial charge in [0.15, 0.2) is 6.61 Å². The maximum absolute atomic E-state index is 14.3. The third-order valence-electron chi connectivity index (χ3n) is 8.76. The Labute approximate surface area is 230 Å². The fourth-order valence-corrected chi connectivity index (χ4v) is 6.78. The Morgan fingerprint density at radius 1 is 1.27 bits per heavy atom. The molecule has 5 unspecified atom stereocenters. The summed E-state index contributed by atoms with van der Waals surface area (Å²) in [5.74, 6) is -1.25. The number of nitrogens with one attached hydrogen (secondary N) is 1. The third kappa shape index (κ3) is 5.68. The van der Waals surface area contributed by atoms with E-state index in [9.17, 15) is 27.6 Å². The number of halogens is 3. The number of esters is 1. The number of likely N-dealkylation sites (tertiary alicyclic amines) is 1. The van der Waals surface area contributed by atoms with Crippen LogP contribution in [0, 0.1) is 11.3 Å². The van der Waals surface area contributed by atoms with E-state index in [1.807, 2.05) is 0 Å². The first-order valence-corrected chi connectivity index (χ1v) is 13.6. The molecule has 4 aliphatic rings. The van der Waals surface area contributed by atoms with Gasteiger partial charge in [-0.1, -0.05) is 0 Å². The van der Waals surface area contributed by atoms with Gasteiger partial charge in [-0.25, -0.2) is 0 Å². The molecule has 5 atom stereocenters. The second-order valence-corrected chi connectivity index (χ2v) is 11.3. The first-order chi connectivity index (χ1) is 19.0. The van der Waals surface area contributed by atoms with Crippen molar-refractivity contribution in [1.29, 1.82) is 0 Å². The topological polar surface area (TPSA) is 110 Å². The van der Waals surface area contributed by atoms with Crippen molar-refractivity contribution in [2.45, 2.75) is 63.5 Å². The molecule has 0 aromatic carbocycles. The van der Waals surface area contributed by atoms with Gasteiger partial charge in [0.05, 0.1) is 23.7 Å². The van der Waals surface area contributed by atoms with E-state index in [2.05, 4.69) is 10.3 Å². The predicted octanol–water partition coefficient (Wildman–Crippen LogP) is 1.55. The summed E-state index contributed by atoms with van der Waals surface area (Å²) in [7, 11) is 1.64. The van der Waals surface area contributed by atoms with E-state index in [0.717, 1.165) is 18.7 Å². The highest BCUT2D eigenvalue weighted by Gasteiger charge is 2.59. The van der Waals surface area contributed by atoms with Gasteiger partial charge in [-0.15, -0.1) is 0 Å². The lowest BCUT2D eigenvalue weighted by atomic mass is 9.78. The van der Waals surface area contributed by atoms with Crippen LogP contribution in [-0.4, -0.2) is 97.3 Å². The summed E-state index contributed by atoms with van der Waals surface area (Å²) in [5, 5.41) is 3.67. The number of carbonyl (C=O) groups is 3. The number of amides is 2. The van der Waals surface area contributed by atoms with E-state index in [1.54, 1.807) is 16.9 Å². The van der Waals surface area contributed by atoms with Crippen LogP contribution in [0.25, 0.3) is 0 Å². The fraction of sp³-hybridized carbons (Fsp3) is 0.704. The third-order valence-corrected chi connectivity index (χ3v) is 8.76. The van der Waals surface area contributed by atoms with Crippen LogP contribution in [0.2, 0.25) is 0 Å². The molecule has 10 nitrogen and oxygen atoms in total. The molecule has 2 amide bonds. The molecule has 1 saturated carbocycles. The monoisotopic (exact) mass is 568 g/mol. The van der Waals surface area contributed by atoms with E-state index < -0.39 is 29.7 Å². The zero-order chi connectivity index (χ0) is 28.7. The number of carbonyl (C=O) groups excluding carboxylic acids is 3. The highest BCUT2D eigenvalue weighted by atomic mass is 19.4. The molecule has 2 saturated heterocycles. The molecular formula is C27H35F3N4O6. The molecule has 13 heteroatoms. The fourth-order valence-electron chi connectivity index (χ4n) is 6.78. The minimum Gasteiger partial charge on any atom is -0.456 e.